The van der Waals surface area contributed by atoms with Crippen LogP contribution in [0.25, 0.3) is 0 Å². The molecule has 0 fully saturated rings. The molecule has 0 radical (unpaired) electrons. The molecule has 46 heavy (non-hydrogen) atoms. The molecule has 2 amide bonds. The summed E-state index contributed by atoms with van der Waals surface area (Å²) in [7, 11) is -4.26. The second-order valence-electron chi connectivity index (χ2n) is 11.4. The average molecular weight is 701 g/mol. The van der Waals surface area contributed by atoms with E-state index in [0.717, 1.165) is 21.0 Å². The number of aryl methyl sites for hydroxylation is 2. The molecule has 0 spiro atoms. The maximum Gasteiger partial charge on any atom is 0.264 e. The summed E-state index contributed by atoms with van der Waals surface area (Å²) in [5.41, 5.74) is 3.20. The van der Waals surface area contributed by atoms with Crippen LogP contribution < -0.4 is 9.62 Å². The third kappa shape index (κ3) is 8.82. The van der Waals surface area contributed by atoms with Gasteiger partial charge in [0.2, 0.25) is 11.8 Å². The number of sulfonamides is 1. The zero-order chi connectivity index (χ0) is 33.6. The third-order valence-electron chi connectivity index (χ3n) is 7.39. The summed E-state index contributed by atoms with van der Waals surface area (Å²) in [6.07, 6.45) is 0.178. The normalized spacial score (nSPS) is 12.1. The van der Waals surface area contributed by atoms with Crippen LogP contribution in [0.1, 0.15) is 36.1 Å². The van der Waals surface area contributed by atoms with Crippen molar-refractivity contribution >= 4 is 62.3 Å². The first kappa shape index (κ1) is 35.3. The second-order valence-corrected chi connectivity index (χ2v) is 14.5. The number of nitrogens with zero attached hydrogens (tertiary/aromatic N) is 2. The summed E-state index contributed by atoms with van der Waals surface area (Å²) in [5.74, 6) is -0.998. The van der Waals surface area contributed by atoms with Gasteiger partial charge in [0.1, 0.15) is 12.6 Å². The Labute approximate surface area is 286 Å². The summed E-state index contributed by atoms with van der Waals surface area (Å²) in [4.78, 5) is 29.8. The van der Waals surface area contributed by atoms with Gasteiger partial charge in [0.05, 0.1) is 10.6 Å². The molecule has 0 aliphatic carbocycles. The Balaban J connectivity index is 1.84. The summed E-state index contributed by atoms with van der Waals surface area (Å²) in [5, 5.41) is 4.00. The maximum atomic E-state index is 14.6. The number of rotatable bonds is 12. The highest BCUT2D eigenvalue weighted by atomic mass is 35.5. The van der Waals surface area contributed by atoms with Gasteiger partial charge in [-0.2, -0.15) is 0 Å². The Kier molecular flexibility index (Phi) is 11.8. The van der Waals surface area contributed by atoms with Crippen LogP contribution in [0.5, 0.6) is 0 Å². The number of anilines is 1. The molecule has 0 saturated heterocycles. The molecule has 0 aliphatic rings. The monoisotopic (exact) mass is 699 g/mol. The molecule has 0 heterocycles. The van der Waals surface area contributed by atoms with Crippen molar-refractivity contribution in [2.45, 2.75) is 57.6 Å². The highest BCUT2D eigenvalue weighted by molar-refractivity contribution is 7.92. The summed E-state index contributed by atoms with van der Waals surface area (Å²) >= 11 is 19.2. The van der Waals surface area contributed by atoms with Gasteiger partial charge in [0.25, 0.3) is 10.0 Å². The molecule has 0 aromatic heterocycles. The smallest absolute Gasteiger partial charge is 0.264 e. The molecular weight excluding hydrogens is 665 g/mol. The third-order valence-corrected chi connectivity index (χ3v) is 10.2. The lowest BCUT2D eigenvalue weighted by atomic mass is 10.0. The SMILES string of the molecule is Cc1ccc(S(=O)(=O)N(CC(=O)N(Cc2ccc(Cl)cc2Cl)[C@H](Cc2ccccc2)C(=O)NC(C)C)c2ccc(C)c(Cl)c2)cc1. The fourth-order valence-electron chi connectivity index (χ4n) is 4.87. The van der Waals surface area contributed by atoms with Crippen molar-refractivity contribution in [3.63, 3.8) is 0 Å². The van der Waals surface area contributed by atoms with Gasteiger partial charge in [-0.05, 0) is 80.8 Å². The second kappa shape index (κ2) is 15.4. The summed E-state index contributed by atoms with van der Waals surface area (Å²) in [6, 6.07) is 24.2. The lowest BCUT2D eigenvalue weighted by Gasteiger charge is -2.34. The van der Waals surface area contributed by atoms with E-state index in [1.54, 1.807) is 49.4 Å². The highest BCUT2D eigenvalue weighted by Gasteiger charge is 2.35. The minimum Gasteiger partial charge on any atom is -0.352 e. The number of carbonyl (C=O) groups is 2. The predicted molar refractivity (Wildman–Crippen MR) is 186 cm³/mol. The van der Waals surface area contributed by atoms with E-state index >= 15 is 0 Å². The van der Waals surface area contributed by atoms with Gasteiger partial charge in [0.15, 0.2) is 0 Å². The van der Waals surface area contributed by atoms with Crippen molar-refractivity contribution in [3.05, 3.63) is 128 Å². The Bertz CT molecular complexity index is 1800. The highest BCUT2D eigenvalue weighted by Crippen LogP contribution is 2.30. The molecule has 242 valence electrons. The minimum atomic E-state index is -4.26. The van der Waals surface area contributed by atoms with Crippen molar-refractivity contribution in [2.75, 3.05) is 10.8 Å². The standard InChI is InChI=1S/C35H36Cl3N3O4S/c1-23(2)39-35(43)33(18-26-8-6-5-7-9-26)40(21-27-13-14-28(36)19-32(27)38)34(42)22-41(29-15-12-25(4)31(37)20-29)46(44,45)30-16-10-24(3)11-17-30/h5-17,19-20,23,33H,18,21-22H2,1-4H3,(H,39,43)/t33-/m1/s1. The van der Waals surface area contributed by atoms with E-state index < -0.39 is 28.5 Å². The fourth-order valence-corrected chi connectivity index (χ4v) is 6.92. The molecule has 0 aliphatic heterocycles. The zero-order valence-corrected chi connectivity index (χ0v) is 29.1. The van der Waals surface area contributed by atoms with Gasteiger partial charge < -0.3 is 10.2 Å². The predicted octanol–water partition coefficient (Wildman–Crippen LogP) is 7.62. The van der Waals surface area contributed by atoms with Crippen LogP contribution >= 0.6 is 34.8 Å². The average Bonchev–Trinajstić information content (AvgIpc) is 3.00. The van der Waals surface area contributed by atoms with Gasteiger partial charge >= 0.3 is 0 Å². The molecule has 7 nitrogen and oxygen atoms in total. The van der Waals surface area contributed by atoms with Gasteiger partial charge in [-0.15, -0.1) is 0 Å². The first-order valence-electron chi connectivity index (χ1n) is 14.7. The van der Waals surface area contributed by atoms with Gasteiger partial charge in [-0.3, -0.25) is 13.9 Å². The summed E-state index contributed by atoms with van der Waals surface area (Å²) in [6.45, 7) is 6.63. The van der Waals surface area contributed by atoms with Crippen molar-refractivity contribution in [1.29, 1.82) is 0 Å². The van der Waals surface area contributed by atoms with Gasteiger partial charge in [-0.1, -0.05) is 95.0 Å². The van der Waals surface area contributed by atoms with Crippen LogP contribution in [-0.2, 0) is 32.6 Å². The van der Waals surface area contributed by atoms with Crippen LogP contribution in [0, 0.1) is 13.8 Å². The van der Waals surface area contributed by atoms with Gasteiger partial charge in [0, 0.05) is 34.1 Å². The fraction of sp³-hybridized carbons (Fsp3) is 0.257. The first-order valence-corrected chi connectivity index (χ1v) is 17.3. The molecule has 11 heteroatoms. The van der Waals surface area contributed by atoms with Crippen molar-refractivity contribution in [2.24, 2.45) is 0 Å². The van der Waals surface area contributed by atoms with E-state index in [4.69, 9.17) is 34.8 Å². The van der Waals surface area contributed by atoms with Crippen LogP contribution in [0.15, 0.2) is 95.9 Å². The number of benzene rings is 4. The molecule has 4 rings (SSSR count). The lowest BCUT2D eigenvalue weighted by molar-refractivity contribution is -0.140. The topological polar surface area (TPSA) is 86.8 Å². The largest absolute Gasteiger partial charge is 0.352 e. The van der Waals surface area contributed by atoms with E-state index in [-0.39, 0.29) is 35.5 Å². The van der Waals surface area contributed by atoms with E-state index in [9.17, 15) is 18.0 Å². The molecule has 4 aromatic carbocycles. The minimum absolute atomic E-state index is 0.00767. The molecule has 1 N–H and O–H groups in total. The molecule has 4 aromatic rings. The quantitative estimate of drug-likeness (QED) is 0.165. The van der Waals surface area contributed by atoms with E-state index in [1.807, 2.05) is 51.1 Å². The Morgan fingerprint density at radius 2 is 1.50 bits per heavy atom. The first-order chi connectivity index (χ1) is 21.8. The number of hydrogen-bond acceptors (Lipinski definition) is 4. The Hall–Kier alpha value is -3.56. The van der Waals surface area contributed by atoms with Gasteiger partial charge in [-0.25, -0.2) is 8.42 Å². The number of hydrogen-bond donors (Lipinski definition) is 1. The zero-order valence-electron chi connectivity index (χ0n) is 26.0. The van der Waals surface area contributed by atoms with E-state index in [0.29, 0.717) is 20.6 Å². The molecule has 0 unspecified atom stereocenters. The van der Waals surface area contributed by atoms with E-state index in [2.05, 4.69) is 5.32 Å². The van der Waals surface area contributed by atoms with Crippen LogP contribution in [0.3, 0.4) is 0 Å². The van der Waals surface area contributed by atoms with Crippen molar-refractivity contribution in [3.8, 4) is 0 Å². The lowest BCUT2D eigenvalue weighted by Crippen LogP contribution is -2.54. The van der Waals surface area contributed by atoms with E-state index in [1.165, 1.54) is 23.1 Å². The van der Waals surface area contributed by atoms with Crippen molar-refractivity contribution in [1.82, 2.24) is 10.2 Å². The molecule has 0 bridgehead atoms. The van der Waals surface area contributed by atoms with Crippen LogP contribution in [0.2, 0.25) is 15.1 Å². The number of nitrogens with one attached hydrogen (secondary N) is 1. The maximum absolute atomic E-state index is 14.6. The number of halogens is 3. The Morgan fingerprint density at radius 3 is 2.11 bits per heavy atom. The molecule has 0 saturated carbocycles. The van der Waals surface area contributed by atoms with Crippen LogP contribution in [-0.4, -0.2) is 43.8 Å². The van der Waals surface area contributed by atoms with Crippen LogP contribution in [0.4, 0.5) is 5.69 Å². The molecular formula is C35H36Cl3N3O4S. The number of amides is 2. The molecule has 1 atom stereocenters. The summed E-state index contributed by atoms with van der Waals surface area (Å²) < 4.78 is 29.4. The Morgan fingerprint density at radius 1 is 0.826 bits per heavy atom. The van der Waals surface area contributed by atoms with Crippen molar-refractivity contribution < 1.29 is 18.0 Å². The number of carbonyl (C=O) groups excluding carboxylic acids is 2.